The van der Waals surface area contributed by atoms with Gasteiger partial charge in [-0.15, -0.1) is 0 Å². The van der Waals surface area contributed by atoms with E-state index in [-0.39, 0.29) is 0 Å². The van der Waals surface area contributed by atoms with Crippen molar-refractivity contribution in [3.8, 4) is 5.88 Å². The highest BCUT2D eigenvalue weighted by Gasteiger charge is 2.03. The molecule has 0 aromatic carbocycles. The van der Waals surface area contributed by atoms with Crippen LogP contribution in [0.25, 0.3) is 0 Å². The monoisotopic (exact) mass is 235 g/mol. The second-order valence-electron chi connectivity index (χ2n) is 3.32. The largest absolute Gasteiger partial charge is 0.479 e. The molecule has 17 heavy (non-hydrogen) atoms. The van der Waals surface area contributed by atoms with Crippen molar-refractivity contribution in [1.82, 2.24) is 15.1 Å². The van der Waals surface area contributed by atoms with Crippen LogP contribution < -0.4 is 15.8 Å². The van der Waals surface area contributed by atoms with Gasteiger partial charge in [-0.25, -0.2) is 0 Å². The zero-order valence-corrected chi connectivity index (χ0v) is 9.38. The van der Waals surface area contributed by atoms with Gasteiger partial charge in [0.25, 0.3) is 0 Å². The summed E-state index contributed by atoms with van der Waals surface area (Å²) in [6, 6.07) is 3.52. The van der Waals surface area contributed by atoms with Gasteiger partial charge in [-0.2, -0.15) is 9.97 Å². The van der Waals surface area contributed by atoms with E-state index in [1.54, 1.807) is 12.1 Å². The number of aromatic nitrogens is 3. The van der Waals surface area contributed by atoms with Gasteiger partial charge in [0.1, 0.15) is 5.82 Å². The maximum atomic E-state index is 5.66. The Morgan fingerprint density at radius 3 is 3.06 bits per heavy atom. The molecule has 0 saturated heterocycles. The highest BCUT2D eigenvalue weighted by molar-refractivity contribution is 5.53. The van der Waals surface area contributed by atoms with Crippen LogP contribution in [0.3, 0.4) is 0 Å². The Bertz CT molecular complexity index is 472. The first-order valence-corrected chi connectivity index (χ1v) is 5.09. The average Bonchev–Trinajstić information content (AvgIpc) is 2.84. The smallest absolute Gasteiger partial charge is 0.238 e. The maximum Gasteiger partial charge on any atom is 0.238 e. The summed E-state index contributed by atoms with van der Waals surface area (Å²) >= 11 is 0. The molecule has 0 saturated carbocycles. The van der Waals surface area contributed by atoms with Crippen molar-refractivity contribution in [2.45, 2.75) is 6.42 Å². The number of nitrogens with two attached hydrogens (primary N) is 1. The van der Waals surface area contributed by atoms with Gasteiger partial charge in [0.2, 0.25) is 12.3 Å². The van der Waals surface area contributed by atoms with Crippen LogP contribution in [0.4, 0.5) is 11.5 Å². The summed E-state index contributed by atoms with van der Waals surface area (Å²) < 4.78 is 9.65. The van der Waals surface area contributed by atoms with Crippen LogP contribution in [0.5, 0.6) is 5.88 Å². The molecule has 0 radical (unpaired) electrons. The van der Waals surface area contributed by atoms with E-state index < -0.39 is 0 Å². The molecular formula is C10H13N5O2. The number of ether oxygens (including phenoxy) is 1. The Kier molecular flexibility index (Phi) is 3.39. The van der Waals surface area contributed by atoms with Crippen LogP contribution in [0.2, 0.25) is 0 Å². The van der Waals surface area contributed by atoms with Crippen LogP contribution in [0.1, 0.15) is 5.82 Å². The Balaban J connectivity index is 1.90. The fraction of sp³-hybridized carbons (Fsp3) is 0.300. The first kappa shape index (κ1) is 11.2. The van der Waals surface area contributed by atoms with Gasteiger partial charge < -0.3 is 20.3 Å². The summed E-state index contributed by atoms with van der Waals surface area (Å²) in [4.78, 5) is 8.10. The molecule has 0 aliphatic rings. The lowest BCUT2D eigenvalue weighted by Gasteiger charge is -2.07. The highest BCUT2D eigenvalue weighted by Crippen LogP contribution is 2.19. The van der Waals surface area contributed by atoms with Gasteiger partial charge in [0.15, 0.2) is 5.82 Å². The molecule has 0 aliphatic heterocycles. The fourth-order valence-corrected chi connectivity index (χ4v) is 1.32. The normalized spacial score (nSPS) is 10.2. The number of anilines is 2. The highest BCUT2D eigenvalue weighted by atomic mass is 16.5. The zero-order chi connectivity index (χ0) is 12.1. The van der Waals surface area contributed by atoms with Crippen LogP contribution in [0, 0.1) is 0 Å². The predicted octanol–water partition coefficient (Wildman–Crippen LogP) is 0.710. The maximum absolute atomic E-state index is 5.66. The van der Waals surface area contributed by atoms with Gasteiger partial charge in [0, 0.05) is 13.0 Å². The average molecular weight is 235 g/mol. The van der Waals surface area contributed by atoms with Gasteiger partial charge in [-0.1, -0.05) is 5.16 Å². The Morgan fingerprint density at radius 1 is 1.47 bits per heavy atom. The van der Waals surface area contributed by atoms with E-state index in [2.05, 4.69) is 25.0 Å². The molecule has 0 aliphatic carbocycles. The molecule has 0 unspecified atom stereocenters. The zero-order valence-electron chi connectivity index (χ0n) is 9.38. The van der Waals surface area contributed by atoms with Gasteiger partial charge in [-0.3, -0.25) is 0 Å². The lowest BCUT2D eigenvalue weighted by molar-refractivity contribution is 0.401. The van der Waals surface area contributed by atoms with Crippen molar-refractivity contribution in [3.05, 3.63) is 24.4 Å². The van der Waals surface area contributed by atoms with E-state index in [0.717, 1.165) is 0 Å². The number of nitrogens with one attached hydrogen (secondary N) is 1. The van der Waals surface area contributed by atoms with E-state index in [9.17, 15) is 0 Å². The number of hydrogen-bond donors (Lipinski definition) is 2. The summed E-state index contributed by atoms with van der Waals surface area (Å²) in [5.74, 6) is 1.76. The fourth-order valence-electron chi connectivity index (χ4n) is 1.32. The molecule has 0 fully saturated rings. The summed E-state index contributed by atoms with van der Waals surface area (Å²) in [6.45, 7) is 0.652. The Hall–Kier alpha value is -2.31. The minimum absolute atomic E-state index is 0.412. The summed E-state index contributed by atoms with van der Waals surface area (Å²) in [5, 5.41) is 6.82. The van der Waals surface area contributed by atoms with E-state index in [0.29, 0.717) is 36.2 Å². The predicted molar refractivity (Wildman–Crippen MR) is 61.7 cm³/mol. The number of rotatable bonds is 5. The van der Waals surface area contributed by atoms with Crippen molar-refractivity contribution < 1.29 is 9.26 Å². The molecule has 7 nitrogen and oxygen atoms in total. The third kappa shape index (κ3) is 2.83. The van der Waals surface area contributed by atoms with Crippen molar-refractivity contribution in [1.29, 1.82) is 0 Å². The minimum atomic E-state index is 0.412. The van der Waals surface area contributed by atoms with Crippen LogP contribution in [-0.2, 0) is 6.42 Å². The molecule has 0 amide bonds. The van der Waals surface area contributed by atoms with Crippen molar-refractivity contribution in [2.24, 2.45) is 0 Å². The molecule has 7 heteroatoms. The van der Waals surface area contributed by atoms with E-state index in [4.69, 9.17) is 10.5 Å². The first-order valence-electron chi connectivity index (χ1n) is 5.09. The van der Waals surface area contributed by atoms with E-state index in [1.165, 1.54) is 13.5 Å². The molecule has 90 valence electrons. The molecule has 3 N–H and O–H groups in total. The van der Waals surface area contributed by atoms with E-state index >= 15 is 0 Å². The topological polar surface area (TPSA) is 99.1 Å². The summed E-state index contributed by atoms with van der Waals surface area (Å²) in [6.07, 6.45) is 1.96. The Labute approximate surface area is 98.0 Å². The molecule has 0 atom stereocenters. The van der Waals surface area contributed by atoms with Gasteiger partial charge in [-0.05, 0) is 12.1 Å². The molecular weight excluding hydrogens is 222 g/mol. The number of pyridine rings is 1. The van der Waals surface area contributed by atoms with Crippen molar-refractivity contribution in [2.75, 3.05) is 24.7 Å². The first-order chi connectivity index (χ1) is 8.29. The number of hydrogen-bond acceptors (Lipinski definition) is 7. The number of nitrogen functional groups attached to an aromatic ring is 1. The van der Waals surface area contributed by atoms with Crippen molar-refractivity contribution in [3.63, 3.8) is 0 Å². The summed E-state index contributed by atoms with van der Waals surface area (Å²) in [7, 11) is 1.53. The number of methoxy groups -OCH3 is 1. The lowest BCUT2D eigenvalue weighted by atomic mass is 10.3. The molecule has 0 spiro atoms. The standard InChI is InChI=1S/C10H13N5O2/c1-16-10-7(11)2-3-8(14-10)12-5-4-9-13-6-17-15-9/h2-3,6H,4-5,11H2,1H3,(H,12,14). The molecule has 2 aromatic rings. The second kappa shape index (κ2) is 5.15. The van der Waals surface area contributed by atoms with Crippen LogP contribution in [0.15, 0.2) is 23.0 Å². The quantitative estimate of drug-likeness (QED) is 0.787. The molecule has 0 bridgehead atoms. The molecule has 2 heterocycles. The summed E-state index contributed by atoms with van der Waals surface area (Å²) in [5.41, 5.74) is 6.17. The SMILES string of the molecule is COc1nc(NCCc2ncon2)ccc1N. The third-order valence-electron chi connectivity index (χ3n) is 2.14. The Morgan fingerprint density at radius 2 is 2.35 bits per heavy atom. The van der Waals surface area contributed by atoms with Gasteiger partial charge >= 0.3 is 0 Å². The third-order valence-corrected chi connectivity index (χ3v) is 2.14. The molecule has 2 rings (SSSR count). The van der Waals surface area contributed by atoms with Crippen LogP contribution >= 0.6 is 0 Å². The van der Waals surface area contributed by atoms with Crippen molar-refractivity contribution >= 4 is 11.5 Å². The molecule has 2 aromatic heterocycles. The van der Waals surface area contributed by atoms with Crippen LogP contribution in [-0.4, -0.2) is 28.8 Å². The lowest BCUT2D eigenvalue weighted by Crippen LogP contribution is -2.08. The van der Waals surface area contributed by atoms with Gasteiger partial charge in [0.05, 0.1) is 12.8 Å². The minimum Gasteiger partial charge on any atom is -0.479 e. The van der Waals surface area contributed by atoms with E-state index in [1.807, 2.05) is 0 Å². The number of nitrogens with zero attached hydrogens (tertiary/aromatic N) is 3. The second-order valence-corrected chi connectivity index (χ2v) is 3.32.